The molecule has 0 heterocycles. The van der Waals surface area contributed by atoms with Gasteiger partial charge in [0.25, 0.3) is 0 Å². The zero-order valence-corrected chi connectivity index (χ0v) is 11.8. The van der Waals surface area contributed by atoms with Crippen LogP contribution in [0, 0.1) is 11.7 Å². The van der Waals surface area contributed by atoms with Crippen LogP contribution in [0.5, 0.6) is 0 Å². The Morgan fingerprint density at radius 2 is 2.00 bits per heavy atom. The Morgan fingerprint density at radius 1 is 1.50 bits per heavy atom. The fourth-order valence-corrected chi connectivity index (χ4v) is 2.22. The van der Waals surface area contributed by atoms with Gasteiger partial charge in [-0.15, -0.1) is 0 Å². The lowest BCUT2D eigenvalue weighted by Crippen LogP contribution is -2.32. The summed E-state index contributed by atoms with van der Waals surface area (Å²) in [6, 6.07) is 2.12. The highest BCUT2D eigenvalue weighted by molar-refractivity contribution is 7.80. The van der Waals surface area contributed by atoms with Crippen molar-refractivity contribution in [3.63, 3.8) is 0 Å². The third-order valence-corrected chi connectivity index (χ3v) is 3.20. The Balaban J connectivity index is 2.98. The van der Waals surface area contributed by atoms with E-state index in [9.17, 15) is 9.18 Å². The van der Waals surface area contributed by atoms with Crippen molar-refractivity contribution < 1.29 is 9.18 Å². The molecular weight excluding hydrogens is 298 g/mol. The van der Waals surface area contributed by atoms with Gasteiger partial charge in [-0.3, -0.25) is 4.79 Å². The van der Waals surface area contributed by atoms with Gasteiger partial charge in [0.05, 0.1) is 26.6 Å². The predicted molar refractivity (Wildman–Crippen MR) is 75.6 cm³/mol. The molecule has 1 aromatic rings. The van der Waals surface area contributed by atoms with E-state index in [2.05, 4.69) is 5.32 Å². The highest BCUT2D eigenvalue weighted by Gasteiger charge is 2.21. The zero-order valence-electron chi connectivity index (χ0n) is 9.47. The second kappa shape index (κ2) is 6.31. The van der Waals surface area contributed by atoms with Crippen LogP contribution in [-0.4, -0.2) is 10.9 Å². The molecule has 0 aliphatic carbocycles. The van der Waals surface area contributed by atoms with Crippen molar-refractivity contribution >= 4 is 52.0 Å². The molecule has 0 saturated carbocycles. The van der Waals surface area contributed by atoms with Gasteiger partial charge in [-0.2, -0.15) is 0 Å². The number of halogens is 3. The van der Waals surface area contributed by atoms with Crippen LogP contribution in [0.25, 0.3) is 0 Å². The molecule has 1 unspecified atom stereocenters. The first kappa shape index (κ1) is 15.1. The van der Waals surface area contributed by atoms with Gasteiger partial charge < -0.3 is 11.1 Å². The minimum Gasteiger partial charge on any atom is -0.393 e. The predicted octanol–water partition coefficient (Wildman–Crippen LogP) is 3.38. The smallest absolute Gasteiger partial charge is 0.234 e. The van der Waals surface area contributed by atoms with E-state index in [-0.39, 0.29) is 20.7 Å². The van der Waals surface area contributed by atoms with Crippen molar-refractivity contribution in [1.82, 2.24) is 0 Å². The van der Waals surface area contributed by atoms with Crippen LogP contribution in [0.3, 0.4) is 0 Å². The summed E-state index contributed by atoms with van der Waals surface area (Å²) >= 11 is 16.4. The quantitative estimate of drug-likeness (QED) is 0.838. The van der Waals surface area contributed by atoms with Crippen molar-refractivity contribution in [2.24, 2.45) is 11.7 Å². The van der Waals surface area contributed by atoms with Gasteiger partial charge in [0.15, 0.2) is 0 Å². The number of rotatable bonds is 4. The molecule has 0 aliphatic rings. The maximum absolute atomic E-state index is 13.0. The number of anilines is 1. The van der Waals surface area contributed by atoms with E-state index in [4.69, 9.17) is 41.2 Å². The number of hydrogen-bond acceptors (Lipinski definition) is 2. The Hall–Kier alpha value is -0.910. The third-order valence-electron chi connectivity index (χ3n) is 2.32. The monoisotopic (exact) mass is 308 g/mol. The summed E-state index contributed by atoms with van der Waals surface area (Å²) in [5.41, 5.74) is 5.60. The number of carbonyl (C=O) groups is 1. The van der Waals surface area contributed by atoms with Crippen LogP contribution in [0.4, 0.5) is 10.1 Å². The van der Waals surface area contributed by atoms with Gasteiger partial charge in [0.2, 0.25) is 5.91 Å². The summed E-state index contributed by atoms with van der Waals surface area (Å²) in [5, 5.41) is 2.54. The van der Waals surface area contributed by atoms with Gasteiger partial charge >= 0.3 is 0 Å². The average molecular weight is 309 g/mol. The van der Waals surface area contributed by atoms with E-state index >= 15 is 0 Å². The summed E-state index contributed by atoms with van der Waals surface area (Å²) < 4.78 is 13.0. The lowest BCUT2D eigenvalue weighted by Gasteiger charge is -2.15. The van der Waals surface area contributed by atoms with Gasteiger partial charge in [-0.1, -0.05) is 42.3 Å². The first-order valence-electron chi connectivity index (χ1n) is 5.11. The summed E-state index contributed by atoms with van der Waals surface area (Å²) in [6.07, 6.45) is 0.456. The Kier molecular flexibility index (Phi) is 5.31. The Bertz CT molecular complexity index is 473. The molecule has 0 radical (unpaired) electrons. The number of amides is 1. The van der Waals surface area contributed by atoms with Crippen molar-refractivity contribution in [2.75, 3.05) is 5.32 Å². The summed E-state index contributed by atoms with van der Waals surface area (Å²) in [5.74, 6) is -1.61. The van der Waals surface area contributed by atoms with E-state index < -0.39 is 17.6 Å². The van der Waals surface area contributed by atoms with Crippen LogP contribution >= 0.6 is 35.4 Å². The van der Waals surface area contributed by atoms with Crippen LogP contribution < -0.4 is 11.1 Å². The fraction of sp³-hybridized carbons (Fsp3) is 0.273. The standard InChI is InChI=1S/C11H11Cl2FN2OS/c1-2-6(10(15)18)11(17)16-9-7(12)3-5(14)4-8(9)13/h3-4,6H,2H2,1H3,(H2,15,18)(H,16,17). The molecule has 1 atom stereocenters. The largest absolute Gasteiger partial charge is 0.393 e. The SMILES string of the molecule is CCC(C(=O)Nc1c(Cl)cc(F)cc1Cl)C(N)=S. The molecule has 0 fully saturated rings. The first-order chi connectivity index (χ1) is 8.36. The molecule has 98 valence electrons. The number of nitrogens with one attached hydrogen (secondary N) is 1. The number of hydrogen-bond donors (Lipinski definition) is 2. The van der Waals surface area contributed by atoms with Gasteiger partial charge in [-0.25, -0.2) is 4.39 Å². The molecular formula is C11H11Cl2FN2OS. The number of benzene rings is 1. The summed E-state index contributed by atoms with van der Waals surface area (Å²) in [7, 11) is 0. The highest BCUT2D eigenvalue weighted by Crippen LogP contribution is 2.31. The molecule has 1 amide bonds. The summed E-state index contributed by atoms with van der Waals surface area (Å²) in [4.78, 5) is 12.0. The molecule has 0 spiro atoms. The molecule has 7 heteroatoms. The van der Waals surface area contributed by atoms with Crippen LogP contribution in [0.15, 0.2) is 12.1 Å². The van der Waals surface area contributed by atoms with Crippen molar-refractivity contribution in [2.45, 2.75) is 13.3 Å². The summed E-state index contributed by atoms with van der Waals surface area (Å²) in [6.45, 7) is 1.78. The number of nitrogens with two attached hydrogens (primary N) is 1. The fourth-order valence-electron chi connectivity index (χ4n) is 1.39. The molecule has 18 heavy (non-hydrogen) atoms. The first-order valence-corrected chi connectivity index (χ1v) is 6.28. The maximum Gasteiger partial charge on any atom is 0.234 e. The maximum atomic E-state index is 13.0. The molecule has 1 aromatic carbocycles. The molecule has 3 nitrogen and oxygen atoms in total. The third kappa shape index (κ3) is 3.54. The average Bonchev–Trinajstić information content (AvgIpc) is 2.23. The van der Waals surface area contributed by atoms with Crippen molar-refractivity contribution in [3.8, 4) is 0 Å². The molecule has 3 N–H and O–H groups in total. The van der Waals surface area contributed by atoms with E-state index in [0.717, 1.165) is 12.1 Å². The second-order valence-corrected chi connectivity index (χ2v) is 4.88. The number of carbonyl (C=O) groups excluding carboxylic acids is 1. The Labute approximate surface area is 119 Å². The lowest BCUT2D eigenvalue weighted by atomic mass is 10.1. The van der Waals surface area contributed by atoms with Crippen molar-refractivity contribution in [3.05, 3.63) is 28.0 Å². The normalized spacial score (nSPS) is 12.0. The van der Waals surface area contributed by atoms with Crippen LogP contribution in [0.1, 0.15) is 13.3 Å². The number of thiocarbonyl (C=S) groups is 1. The van der Waals surface area contributed by atoms with E-state index in [1.807, 2.05) is 0 Å². The molecule has 0 aliphatic heterocycles. The van der Waals surface area contributed by atoms with Gasteiger partial charge in [0.1, 0.15) is 5.82 Å². The van der Waals surface area contributed by atoms with Crippen molar-refractivity contribution in [1.29, 1.82) is 0 Å². The topological polar surface area (TPSA) is 55.1 Å². The molecule has 0 aromatic heterocycles. The Morgan fingerprint density at radius 3 is 2.39 bits per heavy atom. The van der Waals surface area contributed by atoms with Gasteiger partial charge in [-0.05, 0) is 18.6 Å². The molecule has 0 bridgehead atoms. The van der Waals surface area contributed by atoms with Gasteiger partial charge in [0, 0.05) is 0 Å². The zero-order chi connectivity index (χ0) is 13.9. The van der Waals surface area contributed by atoms with Crippen LogP contribution in [0.2, 0.25) is 10.0 Å². The van der Waals surface area contributed by atoms with E-state index in [1.54, 1.807) is 6.92 Å². The highest BCUT2D eigenvalue weighted by atomic mass is 35.5. The van der Waals surface area contributed by atoms with E-state index in [0.29, 0.717) is 6.42 Å². The minimum absolute atomic E-state index is 0.0196. The van der Waals surface area contributed by atoms with E-state index in [1.165, 1.54) is 0 Å². The minimum atomic E-state index is -0.614. The lowest BCUT2D eigenvalue weighted by molar-refractivity contribution is -0.118. The second-order valence-electron chi connectivity index (χ2n) is 3.60. The van der Waals surface area contributed by atoms with Crippen LogP contribution in [-0.2, 0) is 4.79 Å². The molecule has 0 saturated heterocycles. The molecule has 1 rings (SSSR count).